The normalized spacial score (nSPS) is 19.7. The maximum Gasteiger partial charge on any atom is 0.348 e. The third-order valence-corrected chi connectivity index (χ3v) is 4.60. The molecule has 2 aliphatic heterocycles. The van der Waals surface area contributed by atoms with Crippen molar-refractivity contribution in [2.75, 3.05) is 6.61 Å². The molecule has 1 aromatic carbocycles. The lowest BCUT2D eigenvalue weighted by Crippen LogP contribution is -3.02. The third kappa shape index (κ3) is 2.08. The molecule has 2 aliphatic rings. The molecule has 1 N–H and O–H groups in total. The molecule has 0 saturated heterocycles. The number of nitrogens with one attached hydrogen (secondary N) is 1. The Labute approximate surface area is 129 Å². The molecular weight excluding hydrogens is 312 g/mol. The van der Waals surface area contributed by atoms with E-state index in [0.717, 1.165) is 17.8 Å². The van der Waals surface area contributed by atoms with Gasteiger partial charge in [0.25, 0.3) is 0 Å². The van der Waals surface area contributed by atoms with Crippen molar-refractivity contribution in [1.29, 1.82) is 0 Å². The minimum Gasteiger partial charge on any atom is -0.462 e. The van der Waals surface area contributed by atoms with Crippen molar-refractivity contribution < 1.29 is 28.0 Å². The molecule has 0 radical (unpaired) electrons. The zero-order chi connectivity index (χ0) is 16.0. The summed E-state index contributed by atoms with van der Waals surface area (Å²) in [6, 6.07) is 1.84. The van der Waals surface area contributed by atoms with Crippen LogP contribution in [0, 0.1) is 11.6 Å². The highest BCUT2D eigenvalue weighted by Crippen LogP contribution is 2.34. The summed E-state index contributed by atoms with van der Waals surface area (Å²) in [4.78, 5) is 25.2. The molecule has 1 unspecified atom stereocenters. The number of hydrogen-bond donors (Lipinski definition) is 1. The fourth-order valence-corrected chi connectivity index (χ4v) is 3.63. The van der Waals surface area contributed by atoms with Crippen molar-refractivity contribution in [2.24, 2.45) is 0 Å². The summed E-state index contributed by atoms with van der Waals surface area (Å²) < 4.78 is 32.0. The lowest BCUT2D eigenvalue weighted by Gasteiger charge is -2.23. The predicted molar refractivity (Wildman–Crippen MR) is 76.3 cm³/mol. The van der Waals surface area contributed by atoms with Gasteiger partial charge in [-0.3, -0.25) is 4.79 Å². The SMILES string of the molecule is CCOC(=O)C1=C2SC=C(C)[NH+]2c2cc(F)c(F)cc2C1=O. The molecule has 2 heterocycles. The minimum absolute atomic E-state index is 0.0176. The summed E-state index contributed by atoms with van der Waals surface area (Å²) in [6.45, 7) is 3.55. The largest absolute Gasteiger partial charge is 0.462 e. The summed E-state index contributed by atoms with van der Waals surface area (Å²) >= 11 is 1.22. The summed E-state index contributed by atoms with van der Waals surface area (Å²) in [6.07, 6.45) is 0. The van der Waals surface area contributed by atoms with Crippen molar-refractivity contribution in [3.8, 4) is 0 Å². The number of halogens is 2. The Morgan fingerprint density at radius 2 is 2.00 bits per heavy atom. The van der Waals surface area contributed by atoms with Gasteiger partial charge in [-0.25, -0.2) is 18.5 Å². The maximum atomic E-state index is 13.6. The molecule has 0 saturated carbocycles. The average Bonchev–Trinajstić information content (AvgIpc) is 2.83. The van der Waals surface area contributed by atoms with Gasteiger partial charge in [0, 0.05) is 18.4 Å². The van der Waals surface area contributed by atoms with Crippen LogP contribution in [-0.4, -0.2) is 18.4 Å². The monoisotopic (exact) mass is 324 g/mol. The molecular formula is C15H12F2NO3S+. The Kier molecular flexibility index (Phi) is 3.62. The van der Waals surface area contributed by atoms with Crippen LogP contribution in [0.1, 0.15) is 24.2 Å². The van der Waals surface area contributed by atoms with E-state index in [1.807, 2.05) is 0 Å². The van der Waals surface area contributed by atoms with Gasteiger partial charge in [-0.05, 0) is 24.8 Å². The van der Waals surface area contributed by atoms with Gasteiger partial charge in [0.15, 0.2) is 27.9 Å². The Bertz CT molecular complexity index is 770. The predicted octanol–water partition coefficient (Wildman–Crippen LogP) is 2.06. The van der Waals surface area contributed by atoms with Gasteiger partial charge in [0.1, 0.15) is 5.70 Å². The quantitative estimate of drug-likeness (QED) is 0.668. The van der Waals surface area contributed by atoms with Crippen LogP contribution < -0.4 is 4.90 Å². The standard InChI is InChI=1S/C15H11F2NO3S/c1-3-21-15(20)12-13(19)8-4-9(16)10(17)5-11(8)18-7(2)6-22-14(12)18/h4-6H,3H2,1-2H3/p+1. The first kappa shape index (κ1) is 14.9. The van der Waals surface area contributed by atoms with Crippen LogP contribution >= 0.6 is 11.8 Å². The van der Waals surface area contributed by atoms with Gasteiger partial charge >= 0.3 is 5.97 Å². The summed E-state index contributed by atoms with van der Waals surface area (Å²) in [7, 11) is 0. The molecule has 1 aromatic rings. The maximum absolute atomic E-state index is 13.6. The Hall–Kier alpha value is -1.99. The number of quaternary nitrogens is 1. The van der Waals surface area contributed by atoms with Gasteiger partial charge in [0.05, 0.1) is 12.2 Å². The minimum atomic E-state index is -1.12. The first-order valence-electron chi connectivity index (χ1n) is 6.62. The number of hydrogen-bond acceptors (Lipinski definition) is 4. The molecule has 22 heavy (non-hydrogen) atoms. The van der Waals surface area contributed by atoms with Gasteiger partial charge in [0.2, 0.25) is 5.78 Å². The number of thioether (sulfide) groups is 1. The van der Waals surface area contributed by atoms with Crippen LogP contribution in [0.3, 0.4) is 0 Å². The summed E-state index contributed by atoms with van der Waals surface area (Å²) in [5, 5.41) is 2.22. The number of ether oxygens (including phenoxy) is 1. The summed E-state index contributed by atoms with van der Waals surface area (Å²) in [5.74, 6) is -3.53. The zero-order valence-corrected chi connectivity index (χ0v) is 12.6. The molecule has 0 bridgehead atoms. The lowest BCUT2D eigenvalue weighted by molar-refractivity contribution is -0.734. The van der Waals surface area contributed by atoms with E-state index in [4.69, 9.17) is 4.74 Å². The highest BCUT2D eigenvalue weighted by Gasteiger charge is 2.44. The fraction of sp³-hybridized carbons (Fsp3) is 0.200. The second-order valence-corrected chi connectivity index (χ2v) is 5.74. The van der Waals surface area contributed by atoms with E-state index < -0.39 is 23.4 Å². The van der Waals surface area contributed by atoms with Crippen LogP contribution in [-0.2, 0) is 9.53 Å². The van der Waals surface area contributed by atoms with Crippen molar-refractivity contribution in [2.45, 2.75) is 13.8 Å². The van der Waals surface area contributed by atoms with Gasteiger partial charge in [-0.2, -0.15) is 0 Å². The topological polar surface area (TPSA) is 47.8 Å². The number of carbonyl (C=O) groups excluding carboxylic acids is 2. The van der Waals surface area contributed by atoms with Crippen molar-refractivity contribution in [3.63, 3.8) is 0 Å². The number of rotatable bonds is 2. The van der Waals surface area contributed by atoms with Crippen LogP contribution in [0.15, 0.2) is 33.8 Å². The second kappa shape index (κ2) is 5.33. The first-order valence-corrected chi connectivity index (χ1v) is 7.50. The van der Waals surface area contributed by atoms with E-state index in [0.29, 0.717) is 15.6 Å². The van der Waals surface area contributed by atoms with Crippen LogP contribution in [0.5, 0.6) is 0 Å². The van der Waals surface area contributed by atoms with E-state index >= 15 is 0 Å². The molecule has 0 spiro atoms. The molecule has 0 fully saturated rings. The number of ketones is 1. The van der Waals surface area contributed by atoms with Crippen LogP contribution in [0.4, 0.5) is 14.5 Å². The molecule has 114 valence electrons. The molecule has 7 heteroatoms. The second-order valence-electron chi connectivity index (χ2n) is 4.86. The molecule has 4 nitrogen and oxygen atoms in total. The average molecular weight is 324 g/mol. The van der Waals surface area contributed by atoms with Gasteiger partial charge in [-0.1, -0.05) is 0 Å². The molecule has 0 aromatic heterocycles. The van der Waals surface area contributed by atoms with E-state index in [2.05, 4.69) is 0 Å². The van der Waals surface area contributed by atoms with Crippen molar-refractivity contribution in [3.05, 3.63) is 51.0 Å². The number of allylic oxidation sites excluding steroid dienone is 1. The first-order chi connectivity index (χ1) is 10.5. The van der Waals surface area contributed by atoms with E-state index in [-0.39, 0.29) is 17.7 Å². The van der Waals surface area contributed by atoms with Crippen molar-refractivity contribution in [1.82, 2.24) is 0 Å². The number of fused-ring (bicyclic) bond motifs is 3. The van der Waals surface area contributed by atoms with E-state index in [9.17, 15) is 18.4 Å². The Morgan fingerprint density at radius 1 is 1.32 bits per heavy atom. The lowest BCUT2D eigenvalue weighted by atomic mass is 9.97. The fourth-order valence-electron chi connectivity index (χ4n) is 2.53. The Balaban J connectivity index is 2.23. The highest BCUT2D eigenvalue weighted by molar-refractivity contribution is 8.05. The van der Waals surface area contributed by atoms with Crippen LogP contribution in [0.2, 0.25) is 0 Å². The number of benzene rings is 1. The molecule has 1 atom stereocenters. The Morgan fingerprint density at radius 3 is 2.68 bits per heavy atom. The van der Waals surface area contributed by atoms with E-state index in [1.165, 1.54) is 11.8 Å². The number of carbonyl (C=O) groups is 2. The number of Topliss-reactive ketones (excluding diaryl/α,β-unsaturated/α-hetero) is 1. The van der Waals surface area contributed by atoms with Crippen LogP contribution in [0.25, 0.3) is 0 Å². The highest BCUT2D eigenvalue weighted by atomic mass is 32.2. The summed E-state index contributed by atoms with van der Waals surface area (Å²) in [5.41, 5.74) is 0.969. The molecule has 3 rings (SSSR count). The van der Waals surface area contributed by atoms with Gasteiger partial charge in [-0.15, -0.1) is 0 Å². The smallest absolute Gasteiger partial charge is 0.348 e. The molecule has 0 aliphatic carbocycles. The van der Waals surface area contributed by atoms with E-state index in [1.54, 1.807) is 19.3 Å². The number of esters is 1. The third-order valence-electron chi connectivity index (χ3n) is 3.48. The van der Waals surface area contributed by atoms with Crippen molar-refractivity contribution >= 4 is 29.2 Å². The zero-order valence-electron chi connectivity index (χ0n) is 11.8. The van der Waals surface area contributed by atoms with Gasteiger partial charge < -0.3 is 4.74 Å². The molecule has 0 amide bonds.